The molecule has 0 spiro atoms. The van der Waals surface area contributed by atoms with Crippen molar-refractivity contribution < 1.29 is 9.53 Å². The van der Waals surface area contributed by atoms with Crippen LogP contribution in [0, 0.1) is 0 Å². The Balaban J connectivity index is 2.49. The number of halogens is 1. The molecule has 0 bridgehead atoms. The van der Waals surface area contributed by atoms with E-state index in [-0.39, 0.29) is 5.97 Å². The van der Waals surface area contributed by atoms with Gasteiger partial charge >= 0.3 is 5.97 Å². The van der Waals surface area contributed by atoms with Crippen molar-refractivity contribution in [3.8, 4) is 0 Å². The molecule has 1 aliphatic heterocycles. The van der Waals surface area contributed by atoms with Crippen LogP contribution in [0.1, 0.15) is 0 Å². The molecule has 12 heavy (non-hydrogen) atoms. The molecule has 0 saturated carbocycles. The van der Waals surface area contributed by atoms with E-state index in [1.165, 1.54) is 7.11 Å². The smallest absolute Gasteiger partial charge is 0.345 e. The minimum absolute atomic E-state index is 0.251. The van der Waals surface area contributed by atoms with Gasteiger partial charge in [-0.2, -0.15) is 0 Å². The standard InChI is InChI=1S/C7H10INO2S/c1-11-7(10)6-3-9-5(2-8)4-12-6/h3,5,9H,2,4H2,1H3/t5-/m1/s1. The monoisotopic (exact) mass is 299 g/mol. The second-order valence-electron chi connectivity index (χ2n) is 2.33. The molecule has 68 valence electrons. The molecular formula is C7H10INO2S. The largest absolute Gasteiger partial charge is 0.465 e. The van der Waals surface area contributed by atoms with Crippen LogP contribution in [0.2, 0.25) is 0 Å². The zero-order valence-electron chi connectivity index (χ0n) is 6.67. The molecule has 0 saturated heterocycles. The van der Waals surface area contributed by atoms with E-state index in [0.717, 1.165) is 10.2 Å². The summed E-state index contributed by atoms with van der Waals surface area (Å²) in [4.78, 5) is 11.7. The zero-order chi connectivity index (χ0) is 8.97. The lowest BCUT2D eigenvalue weighted by Crippen LogP contribution is -2.32. The fourth-order valence-corrected chi connectivity index (χ4v) is 2.72. The summed E-state index contributed by atoms with van der Waals surface area (Å²) in [6, 6.07) is 0.476. The number of nitrogens with one attached hydrogen (secondary N) is 1. The average Bonchev–Trinajstić information content (AvgIpc) is 2.17. The summed E-state index contributed by atoms with van der Waals surface area (Å²) >= 11 is 3.87. The van der Waals surface area contributed by atoms with Crippen LogP contribution in [0.25, 0.3) is 0 Å². The number of esters is 1. The van der Waals surface area contributed by atoms with Crippen molar-refractivity contribution >= 4 is 40.3 Å². The van der Waals surface area contributed by atoms with Crippen LogP contribution in [0.4, 0.5) is 0 Å². The van der Waals surface area contributed by atoms with Crippen LogP contribution < -0.4 is 5.32 Å². The maximum absolute atomic E-state index is 11.0. The summed E-state index contributed by atoms with van der Waals surface area (Å²) in [6.45, 7) is 0. The maximum Gasteiger partial charge on any atom is 0.345 e. The lowest BCUT2D eigenvalue weighted by atomic mass is 10.4. The molecule has 0 fully saturated rings. The number of alkyl halides is 1. The molecule has 1 rings (SSSR count). The third kappa shape index (κ3) is 2.55. The average molecular weight is 299 g/mol. The van der Waals surface area contributed by atoms with E-state index in [4.69, 9.17) is 0 Å². The van der Waals surface area contributed by atoms with Gasteiger partial charge in [-0.1, -0.05) is 22.6 Å². The van der Waals surface area contributed by atoms with Gasteiger partial charge in [-0.25, -0.2) is 4.79 Å². The topological polar surface area (TPSA) is 38.3 Å². The van der Waals surface area contributed by atoms with Gasteiger partial charge in [-0.05, 0) is 0 Å². The summed E-state index contributed by atoms with van der Waals surface area (Å²) in [5.74, 6) is 0.684. The van der Waals surface area contributed by atoms with Crippen molar-refractivity contribution in [1.29, 1.82) is 0 Å². The van der Waals surface area contributed by atoms with Crippen molar-refractivity contribution in [1.82, 2.24) is 5.32 Å². The van der Waals surface area contributed by atoms with Gasteiger partial charge in [0.05, 0.1) is 7.11 Å². The Labute approximate surface area is 89.4 Å². The molecule has 1 atom stereocenters. The molecule has 0 radical (unpaired) electrons. The van der Waals surface area contributed by atoms with Crippen LogP contribution in [0.15, 0.2) is 11.1 Å². The normalized spacial score (nSPS) is 22.5. The highest BCUT2D eigenvalue weighted by Crippen LogP contribution is 2.21. The van der Waals surface area contributed by atoms with Gasteiger partial charge in [0.2, 0.25) is 0 Å². The molecule has 0 amide bonds. The Morgan fingerprint density at radius 3 is 3.17 bits per heavy atom. The molecule has 3 nitrogen and oxygen atoms in total. The number of hydrogen-bond donors (Lipinski definition) is 1. The third-order valence-corrected chi connectivity index (χ3v) is 3.69. The highest BCUT2D eigenvalue weighted by molar-refractivity contribution is 14.1. The number of rotatable bonds is 2. The summed E-state index contributed by atoms with van der Waals surface area (Å²) < 4.78 is 5.64. The van der Waals surface area contributed by atoms with E-state index >= 15 is 0 Å². The molecule has 0 unspecified atom stereocenters. The molecular weight excluding hydrogens is 289 g/mol. The fraction of sp³-hybridized carbons (Fsp3) is 0.571. The lowest BCUT2D eigenvalue weighted by molar-refractivity contribution is -0.135. The minimum atomic E-state index is -0.251. The summed E-state index contributed by atoms with van der Waals surface area (Å²) in [5, 5.41) is 3.14. The number of hydrogen-bond acceptors (Lipinski definition) is 4. The van der Waals surface area contributed by atoms with E-state index < -0.39 is 0 Å². The zero-order valence-corrected chi connectivity index (χ0v) is 9.65. The van der Waals surface area contributed by atoms with E-state index in [1.807, 2.05) is 0 Å². The maximum atomic E-state index is 11.0. The Hall–Kier alpha value is 0.0900. The van der Waals surface area contributed by atoms with Gasteiger partial charge in [-0.3, -0.25) is 0 Å². The molecule has 0 aromatic heterocycles. The van der Waals surface area contributed by atoms with Gasteiger partial charge in [0, 0.05) is 22.4 Å². The van der Waals surface area contributed by atoms with Crippen molar-refractivity contribution in [2.45, 2.75) is 6.04 Å². The quantitative estimate of drug-likeness (QED) is 0.471. The first-order valence-electron chi connectivity index (χ1n) is 3.51. The Bertz CT molecular complexity index is 208. The van der Waals surface area contributed by atoms with Gasteiger partial charge in [0.15, 0.2) is 0 Å². The van der Waals surface area contributed by atoms with E-state index in [9.17, 15) is 4.79 Å². The Morgan fingerprint density at radius 1 is 2.00 bits per heavy atom. The summed E-state index contributed by atoms with van der Waals surface area (Å²) in [6.07, 6.45) is 1.74. The van der Waals surface area contributed by atoms with E-state index in [2.05, 4.69) is 32.6 Å². The number of thioether (sulfide) groups is 1. The Kier molecular flexibility index (Phi) is 4.20. The number of methoxy groups -OCH3 is 1. The second kappa shape index (κ2) is 4.96. The SMILES string of the molecule is COC(=O)C1=CN[C@H](CI)CS1. The highest BCUT2D eigenvalue weighted by atomic mass is 127. The van der Waals surface area contributed by atoms with Crippen LogP contribution in [-0.2, 0) is 9.53 Å². The molecule has 0 aromatic carbocycles. The molecule has 1 N–H and O–H groups in total. The van der Waals surface area contributed by atoms with Gasteiger partial charge in [0.25, 0.3) is 0 Å². The van der Waals surface area contributed by atoms with Crippen LogP contribution in [0.5, 0.6) is 0 Å². The van der Waals surface area contributed by atoms with E-state index in [1.54, 1.807) is 18.0 Å². The van der Waals surface area contributed by atoms with Gasteiger partial charge < -0.3 is 10.1 Å². The van der Waals surface area contributed by atoms with Crippen LogP contribution >= 0.6 is 34.4 Å². The minimum Gasteiger partial charge on any atom is -0.465 e. The molecule has 1 aliphatic rings. The number of ether oxygens (including phenoxy) is 1. The Morgan fingerprint density at radius 2 is 2.75 bits per heavy atom. The lowest BCUT2D eigenvalue weighted by Gasteiger charge is -2.20. The van der Waals surface area contributed by atoms with Crippen LogP contribution in [0.3, 0.4) is 0 Å². The third-order valence-electron chi connectivity index (χ3n) is 1.46. The number of carbonyl (C=O) groups excluding carboxylic acids is 1. The second-order valence-corrected chi connectivity index (χ2v) is 4.27. The highest BCUT2D eigenvalue weighted by Gasteiger charge is 2.18. The molecule has 0 aromatic rings. The van der Waals surface area contributed by atoms with Gasteiger partial charge in [0.1, 0.15) is 4.91 Å². The summed E-state index contributed by atoms with van der Waals surface area (Å²) in [5.41, 5.74) is 0. The summed E-state index contributed by atoms with van der Waals surface area (Å²) in [7, 11) is 1.40. The molecule has 1 heterocycles. The predicted octanol–water partition coefficient (Wildman–Crippen LogP) is 1.14. The molecule has 5 heteroatoms. The van der Waals surface area contributed by atoms with Crippen molar-refractivity contribution in [3.05, 3.63) is 11.1 Å². The molecule has 0 aliphatic carbocycles. The fourth-order valence-electron chi connectivity index (χ4n) is 0.781. The first kappa shape index (κ1) is 10.2. The van der Waals surface area contributed by atoms with Crippen molar-refractivity contribution in [2.24, 2.45) is 0 Å². The van der Waals surface area contributed by atoms with Gasteiger partial charge in [-0.15, -0.1) is 11.8 Å². The van der Waals surface area contributed by atoms with Crippen LogP contribution in [-0.4, -0.2) is 29.3 Å². The first-order valence-corrected chi connectivity index (χ1v) is 6.02. The number of carbonyl (C=O) groups is 1. The van der Waals surface area contributed by atoms with Crippen molar-refractivity contribution in [3.63, 3.8) is 0 Å². The predicted molar refractivity (Wildman–Crippen MR) is 58.4 cm³/mol. The first-order chi connectivity index (χ1) is 5.77. The van der Waals surface area contributed by atoms with Crippen molar-refractivity contribution in [2.75, 3.05) is 17.3 Å². The van der Waals surface area contributed by atoms with E-state index in [0.29, 0.717) is 10.9 Å².